The minimum absolute atomic E-state index is 0.394. The molecule has 0 bridgehead atoms. The number of hydrogen-bond acceptors (Lipinski definition) is 4. The first-order valence-electron chi connectivity index (χ1n) is 4.64. The minimum atomic E-state index is -0.848. The fraction of sp³-hybridized carbons (Fsp3) is 0.300. The lowest BCUT2D eigenvalue weighted by atomic mass is 10.2. The number of benzene rings is 1. The number of hydrogen-bond donors (Lipinski definition) is 4. The molecule has 5 nitrogen and oxygen atoms in total. The Morgan fingerprint density at radius 3 is 2.53 bits per heavy atom. The van der Waals surface area contributed by atoms with E-state index in [1.165, 1.54) is 0 Å². The number of carbonyl (C=O) groups is 1. The number of aliphatic hydroxyl groups is 1. The summed E-state index contributed by atoms with van der Waals surface area (Å²) in [5.41, 5.74) is 6.74. The third-order valence-electron chi connectivity index (χ3n) is 1.94. The first kappa shape index (κ1) is 11.5. The predicted molar refractivity (Wildman–Crippen MR) is 59.4 cm³/mol. The lowest BCUT2D eigenvalue weighted by Gasteiger charge is -2.19. The van der Waals surface area contributed by atoms with E-state index in [4.69, 9.17) is 5.73 Å². The first-order chi connectivity index (χ1) is 7.15. The highest BCUT2D eigenvalue weighted by Crippen LogP contribution is 2.20. The van der Waals surface area contributed by atoms with E-state index in [2.05, 4.69) is 10.6 Å². The molecule has 1 rings (SSSR count). The number of para-hydroxylation sites is 2. The van der Waals surface area contributed by atoms with Crippen LogP contribution in [0.25, 0.3) is 0 Å². The molecule has 0 aromatic heterocycles. The van der Waals surface area contributed by atoms with Gasteiger partial charge in [0.1, 0.15) is 6.23 Å². The van der Waals surface area contributed by atoms with Crippen LogP contribution in [-0.2, 0) is 4.79 Å². The van der Waals surface area contributed by atoms with Crippen LogP contribution in [-0.4, -0.2) is 23.8 Å². The highest BCUT2D eigenvalue weighted by Gasteiger charge is 2.10. The third-order valence-corrected chi connectivity index (χ3v) is 1.94. The van der Waals surface area contributed by atoms with Gasteiger partial charge in [-0.05, 0) is 19.1 Å². The van der Waals surface area contributed by atoms with E-state index in [9.17, 15) is 9.90 Å². The van der Waals surface area contributed by atoms with Gasteiger partial charge in [0.15, 0.2) is 0 Å². The second-order valence-electron chi connectivity index (χ2n) is 3.26. The average Bonchev–Trinajstić information content (AvgIpc) is 2.21. The van der Waals surface area contributed by atoms with Crippen LogP contribution in [0.4, 0.5) is 11.4 Å². The summed E-state index contributed by atoms with van der Waals surface area (Å²) < 4.78 is 0. The number of anilines is 2. The highest BCUT2D eigenvalue weighted by molar-refractivity contribution is 5.80. The normalized spacial score (nSPS) is 14.1. The van der Waals surface area contributed by atoms with Gasteiger partial charge in [0.2, 0.25) is 6.41 Å². The molecule has 0 saturated heterocycles. The zero-order valence-electron chi connectivity index (χ0n) is 8.47. The van der Waals surface area contributed by atoms with Gasteiger partial charge in [0.25, 0.3) is 0 Å². The van der Waals surface area contributed by atoms with E-state index in [0.29, 0.717) is 17.8 Å². The maximum absolute atomic E-state index is 10.3. The number of rotatable bonds is 5. The zero-order valence-corrected chi connectivity index (χ0v) is 8.47. The summed E-state index contributed by atoms with van der Waals surface area (Å²) in [6.45, 7) is 1.69. The summed E-state index contributed by atoms with van der Waals surface area (Å²) in [5, 5.41) is 14.8. The molecule has 5 heteroatoms. The molecule has 0 aliphatic carbocycles. The van der Waals surface area contributed by atoms with Crippen molar-refractivity contribution in [2.45, 2.75) is 19.2 Å². The molecule has 0 aliphatic rings. The Bertz CT molecular complexity index is 328. The van der Waals surface area contributed by atoms with Crippen molar-refractivity contribution < 1.29 is 9.90 Å². The molecule has 5 N–H and O–H groups in total. The second-order valence-corrected chi connectivity index (χ2v) is 3.26. The fourth-order valence-corrected chi connectivity index (χ4v) is 1.09. The Morgan fingerprint density at radius 1 is 1.40 bits per heavy atom. The molecule has 2 unspecified atom stereocenters. The van der Waals surface area contributed by atoms with Crippen LogP contribution in [0, 0.1) is 0 Å². The molecule has 0 spiro atoms. The van der Waals surface area contributed by atoms with Crippen LogP contribution in [0.5, 0.6) is 0 Å². The quantitative estimate of drug-likeness (QED) is 0.416. The molecular formula is C10H15N3O2. The molecule has 0 heterocycles. The number of amides is 1. The molecule has 82 valence electrons. The number of nitrogens with one attached hydrogen (secondary N) is 2. The smallest absolute Gasteiger partial charge is 0.211 e. The fourth-order valence-electron chi connectivity index (χ4n) is 1.09. The van der Waals surface area contributed by atoms with Crippen molar-refractivity contribution in [2.75, 3.05) is 10.6 Å². The predicted octanol–water partition coefficient (Wildman–Crippen LogP) is 0.332. The summed E-state index contributed by atoms with van der Waals surface area (Å²) >= 11 is 0. The average molecular weight is 209 g/mol. The summed E-state index contributed by atoms with van der Waals surface area (Å²) in [6, 6.07) is 6.66. The second kappa shape index (κ2) is 5.33. The van der Waals surface area contributed by atoms with Gasteiger partial charge in [-0.3, -0.25) is 4.79 Å². The van der Waals surface area contributed by atoms with Gasteiger partial charge in [-0.25, -0.2) is 0 Å². The maximum Gasteiger partial charge on any atom is 0.211 e. The van der Waals surface area contributed by atoms with E-state index in [1.54, 1.807) is 31.2 Å². The van der Waals surface area contributed by atoms with Crippen LogP contribution in [0.2, 0.25) is 0 Å². The molecule has 15 heavy (non-hydrogen) atoms. The summed E-state index contributed by atoms with van der Waals surface area (Å²) in [7, 11) is 0. The van der Waals surface area contributed by atoms with Gasteiger partial charge >= 0.3 is 0 Å². The van der Waals surface area contributed by atoms with Crippen LogP contribution in [0.3, 0.4) is 0 Å². The van der Waals surface area contributed by atoms with Gasteiger partial charge in [-0.15, -0.1) is 0 Å². The maximum atomic E-state index is 10.3. The largest absolute Gasteiger partial charge is 0.372 e. The van der Waals surface area contributed by atoms with Gasteiger partial charge in [0.05, 0.1) is 11.4 Å². The van der Waals surface area contributed by atoms with Crippen molar-refractivity contribution >= 4 is 17.8 Å². The van der Waals surface area contributed by atoms with Crippen LogP contribution in [0.15, 0.2) is 24.3 Å². The lowest BCUT2D eigenvalue weighted by Crippen LogP contribution is -2.37. The molecule has 0 radical (unpaired) electrons. The molecule has 1 aromatic carbocycles. The Hall–Kier alpha value is -1.59. The molecule has 0 saturated carbocycles. The van der Waals surface area contributed by atoms with E-state index >= 15 is 0 Å². The van der Waals surface area contributed by atoms with Gasteiger partial charge in [0, 0.05) is 6.04 Å². The van der Waals surface area contributed by atoms with Crippen LogP contribution >= 0.6 is 0 Å². The van der Waals surface area contributed by atoms with E-state index < -0.39 is 12.3 Å². The van der Waals surface area contributed by atoms with E-state index in [-0.39, 0.29) is 0 Å². The molecule has 1 aromatic rings. The summed E-state index contributed by atoms with van der Waals surface area (Å²) in [4.78, 5) is 10.3. The van der Waals surface area contributed by atoms with E-state index in [0.717, 1.165) is 0 Å². The standard InChI is InChI=1S/C10H15N3O2/c1-7(11)10(15)13-9-5-3-2-4-8(9)12-6-14/h2-7,10,13,15H,11H2,1H3,(H,12,14). The van der Waals surface area contributed by atoms with Crippen molar-refractivity contribution in [3.63, 3.8) is 0 Å². The minimum Gasteiger partial charge on any atom is -0.372 e. The highest BCUT2D eigenvalue weighted by atomic mass is 16.3. The summed E-state index contributed by atoms with van der Waals surface area (Å²) in [5.74, 6) is 0. The molecule has 1 amide bonds. The van der Waals surface area contributed by atoms with Gasteiger partial charge < -0.3 is 21.5 Å². The topological polar surface area (TPSA) is 87.4 Å². The Labute approximate surface area is 88.3 Å². The van der Waals surface area contributed by atoms with Crippen LogP contribution in [0.1, 0.15) is 6.92 Å². The first-order valence-corrected chi connectivity index (χ1v) is 4.64. The SMILES string of the molecule is CC(N)C(O)Nc1ccccc1NC=O. The Morgan fingerprint density at radius 2 is 2.00 bits per heavy atom. The van der Waals surface area contributed by atoms with Crippen molar-refractivity contribution in [2.24, 2.45) is 5.73 Å². The van der Waals surface area contributed by atoms with Crippen LogP contribution < -0.4 is 16.4 Å². The van der Waals surface area contributed by atoms with Gasteiger partial charge in [-0.2, -0.15) is 0 Å². The number of carbonyl (C=O) groups excluding carboxylic acids is 1. The number of nitrogens with two attached hydrogens (primary N) is 1. The number of aliphatic hydroxyl groups excluding tert-OH is 1. The zero-order chi connectivity index (χ0) is 11.3. The third kappa shape index (κ3) is 3.23. The van der Waals surface area contributed by atoms with Crippen molar-refractivity contribution in [1.82, 2.24) is 0 Å². The summed E-state index contributed by atoms with van der Waals surface area (Å²) in [6.07, 6.45) is -0.265. The van der Waals surface area contributed by atoms with Gasteiger partial charge in [-0.1, -0.05) is 12.1 Å². The van der Waals surface area contributed by atoms with Crippen molar-refractivity contribution in [1.29, 1.82) is 0 Å². The Balaban J connectivity index is 2.79. The van der Waals surface area contributed by atoms with Crippen molar-refractivity contribution in [3.8, 4) is 0 Å². The molecular weight excluding hydrogens is 194 g/mol. The monoisotopic (exact) mass is 209 g/mol. The Kier molecular flexibility index (Phi) is 4.08. The van der Waals surface area contributed by atoms with E-state index in [1.807, 2.05) is 0 Å². The molecule has 2 atom stereocenters. The van der Waals surface area contributed by atoms with Crippen molar-refractivity contribution in [3.05, 3.63) is 24.3 Å². The lowest BCUT2D eigenvalue weighted by molar-refractivity contribution is -0.105. The molecule has 0 fully saturated rings. The molecule has 0 aliphatic heterocycles.